The second-order valence-electron chi connectivity index (χ2n) is 6.53. The van der Waals surface area contributed by atoms with Gasteiger partial charge in [0, 0.05) is 32.3 Å². The topological polar surface area (TPSA) is 47.3 Å². The molecule has 1 saturated heterocycles. The first-order chi connectivity index (χ1) is 8.15. The summed E-state index contributed by atoms with van der Waals surface area (Å²) in [4.78, 5) is 4.30. The van der Waals surface area contributed by atoms with Gasteiger partial charge >= 0.3 is 0 Å². The van der Waals surface area contributed by atoms with Crippen molar-refractivity contribution in [3.8, 4) is 0 Å². The van der Waals surface area contributed by atoms with E-state index >= 15 is 0 Å². The van der Waals surface area contributed by atoms with Crippen molar-refractivity contribution in [1.82, 2.24) is 9.55 Å². The zero-order valence-electron chi connectivity index (χ0n) is 12.0. The summed E-state index contributed by atoms with van der Waals surface area (Å²) in [7, 11) is 1.98. The highest BCUT2D eigenvalue weighted by molar-refractivity contribution is 5.07. The Morgan fingerprint density at radius 2 is 2.06 bits per heavy atom. The molecule has 1 fully saturated rings. The summed E-state index contributed by atoms with van der Waals surface area (Å²) in [6.45, 7) is 8.02. The molecule has 1 N–H and O–H groups in total. The van der Waals surface area contributed by atoms with Crippen LogP contribution in [0.5, 0.6) is 0 Å². The van der Waals surface area contributed by atoms with Gasteiger partial charge < -0.3 is 14.4 Å². The standard InChI is InChI=1S/C14H24N2O2/c1-12(2)10-14(17,13(3,4)18-12)7-6-11-15-8-9-16(11)5/h8-9,17H,6-7,10H2,1-5H3. The Hall–Kier alpha value is -0.870. The van der Waals surface area contributed by atoms with Crippen LogP contribution in [0.4, 0.5) is 0 Å². The number of hydrogen-bond acceptors (Lipinski definition) is 3. The first-order valence-electron chi connectivity index (χ1n) is 6.54. The molecule has 0 saturated carbocycles. The lowest BCUT2D eigenvalue weighted by atomic mass is 9.79. The van der Waals surface area contributed by atoms with E-state index in [4.69, 9.17) is 4.74 Å². The predicted octanol–water partition coefficient (Wildman–Crippen LogP) is 2.06. The van der Waals surface area contributed by atoms with Crippen molar-refractivity contribution < 1.29 is 9.84 Å². The monoisotopic (exact) mass is 252 g/mol. The van der Waals surface area contributed by atoms with Crippen molar-refractivity contribution in [3.63, 3.8) is 0 Å². The molecule has 1 aliphatic rings. The molecule has 102 valence electrons. The Labute approximate surface area is 109 Å². The first kappa shape index (κ1) is 13.6. The number of aliphatic hydroxyl groups is 1. The lowest BCUT2D eigenvalue weighted by Crippen LogP contribution is -2.46. The minimum atomic E-state index is -0.789. The van der Waals surface area contributed by atoms with Crippen LogP contribution in [0, 0.1) is 0 Å². The summed E-state index contributed by atoms with van der Waals surface area (Å²) in [5.74, 6) is 1.00. The zero-order chi connectivity index (χ0) is 13.6. The minimum Gasteiger partial charge on any atom is -0.387 e. The lowest BCUT2D eigenvalue weighted by Gasteiger charge is -2.35. The summed E-state index contributed by atoms with van der Waals surface area (Å²) in [6.07, 6.45) is 5.83. The van der Waals surface area contributed by atoms with E-state index in [1.54, 1.807) is 6.20 Å². The number of nitrogens with zero attached hydrogens (tertiary/aromatic N) is 2. The fourth-order valence-corrected chi connectivity index (χ4v) is 3.08. The normalized spacial score (nSPS) is 29.7. The van der Waals surface area contributed by atoms with Crippen molar-refractivity contribution in [2.24, 2.45) is 7.05 Å². The van der Waals surface area contributed by atoms with Crippen molar-refractivity contribution >= 4 is 0 Å². The van der Waals surface area contributed by atoms with E-state index < -0.39 is 11.2 Å². The number of imidazole rings is 1. The van der Waals surface area contributed by atoms with E-state index in [0.29, 0.717) is 12.8 Å². The van der Waals surface area contributed by atoms with E-state index in [9.17, 15) is 5.11 Å². The highest BCUT2D eigenvalue weighted by Gasteiger charge is 2.55. The van der Waals surface area contributed by atoms with E-state index in [1.807, 2.05) is 45.5 Å². The Morgan fingerprint density at radius 1 is 1.39 bits per heavy atom. The van der Waals surface area contributed by atoms with Crippen LogP contribution >= 0.6 is 0 Å². The Balaban J connectivity index is 2.10. The molecule has 0 radical (unpaired) electrons. The quantitative estimate of drug-likeness (QED) is 0.895. The molecule has 1 aromatic rings. The van der Waals surface area contributed by atoms with Gasteiger partial charge in [-0.1, -0.05) is 0 Å². The molecule has 18 heavy (non-hydrogen) atoms. The van der Waals surface area contributed by atoms with Crippen LogP contribution in [0.15, 0.2) is 12.4 Å². The van der Waals surface area contributed by atoms with Crippen molar-refractivity contribution in [1.29, 1.82) is 0 Å². The van der Waals surface area contributed by atoms with Crippen LogP contribution in [0.3, 0.4) is 0 Å². The van der Waals surface area contributed by atoms with Gasteiger partial charge in [0.05, 0.1) is 16.8 Å². The lowest BCUT2D eigenvalue weighted by molar-refractivity contribution is -0.128. The third kappa shape index (κ3) is 2.31. The van der Waals surface area contributed by atoms with Gasteiger partial charge in [0.1, 0.15) is 5.82 Å². The molecule has 1 aliphatic heterocycles. The molecule has 4 nitrogen and oxygen atoms in total. The summed E-state index contributed by atoms with van der Waals surface area (Å²) in [5, 5.41) is 10.9. The number of rotatable bonds is 3. The van der Waals surface area contributed by atoms with Gasteiger partial charge in [-0.15, -0.1) is 0 Å². The van der Waals surface area contributed by atoms with E-state index in [-0.39, 0.29) is 5.60 Å². The van der Waals surface area contributed by atoms with Crippen molar-refractivity contribution in [3.05, 3.63) is 18.2 Å². The van der Waals surface area contributed by atoms with E-state index in [0.717, 1.165) is 12.2 Å². The molecule has 0 bridgehead atoms. The SMILES string of the molecule is Cn1ccnc1CCC1(O)CC(C)(C)OC1(C)C. The molecular weight excluding hydrogens is 228 g/mol. The summed E-state index contributed by atoms with van der Waals surface area (Å²) in [6, 6.07) is 0. The fourth-order valence-electron chi connectivity index (χ4n) is 3.08. The van der Waals surface area contributed by atoms with Gasteiger partial charge in [-0.2, -0.15) is 0 Å². The van der Waals surface area contributed by atoms with Crippen LogP contribution in [0.1, 0.15) is 46.4 Å². The number of hydrogen-bond donors (Lipinski definition) is 1. The van der Waals surface area contributed by atoms with E-state index in [2.05, 4.69) is 4.98 Å². The third-order valence-electron chi connectivity index (χ3n) is 4.05. The summed E-state index contributed by atoms with van der Waals surface area (Å²) >= 11 is 0. The average molecular weight is 252 g/mol. The summed E-state index contributed by atoms with van der Waals surface area (Å²) in [5.41, 5.74) is -1.57. The molecule has 0 aromatic carbocycles. The molecule has 1 atom stereocenters. The Bertz CT molecular complexity index is 437. The van der Waals surface area contributed by atoms with Gasteiger partial charge in [-0.05, 0) is 34.1 Å². The molecule has 2 heterocycles. The Morgan fingerprint density at radius 3 is 2.50 bits per heavy atom. The van der Waals surface area contributed by atoms with Gasteiger partial charge in [0.25, 0.3) is 0 Å². The second kappa shape index (κ2) is 4.07. The molecule has 0 aliphatic carbocycles. The fraction of sp³-hybridized carbons (Fsp3) is 0.786. The van der Waals surface area contributed by atoms with Crippen LogP contribution in [0.2, 0.25) is 0 Å². The Kier molecular flexibility index (Phi) is 3.06. The maximum absolute atomic E-state index is 10.9. The predicted molar refractivity (Wildman–Crippen MR) is 70.3 cm³/mol. The van der Waals surface area contributed by atoms with E-state index in [1.165, 1.54) is 0 Å². The molecule has 2 rings (SSSR count). The van der Waals surface area contributed by atoms with Crippen molar-refractivity contribution in [2.45, 2.75) is 63.8 Å². The molecule has 0 amide bonds. The zero-order valence-corrected chi connectivity index (χ0v) is 12.0. The van der Waals surface area contributed by atoms with Crippen LogP contribution in [-0.4, -0.2) is 31.5 Å². The smallest absolute Gasteiger partial charge is 0.108 e. The average Bonchev–Trinajstić information content (AvgIpc) is 2.64. The highest BCUT2D eigenvalue weighted by Crippen LogP contribution is 2.47. The van der Waals surface area contributed by atoms with Gasteiger partial charge in [0.15, 0.2) is 0 Å². The number of ether oxygens (including phenoxy) is 1. The minimum absolute atomic E-state index is 0.264. The molecule has 1 aromatic heterocycles. The molecule has 0 spiro atoms. The van der Waals surface area contributed by atoms with Gasteiger partial charge in [0.2, 0.25) is 0 Å². The third-order valence-corrected chi connectivity index (χ3v) is 4.05. The van der Waals surface area contributed by atoms with Gasteiger partial charge in [-0.25, -0.2) is 4.98 Å². The largest absolute Gasteiger partial charge is 0.387 e. The number of aryl methyl sites for hydroxylation is 2. The highest BCUT2D eigenvalue weighted by atomic mass is 16.5. The van der Waals surface area contributed by atoms with Crippen molar-refractivity contribution in [2.75, 3.05) is 0 Å². The van der Waals surface area contributed by atoms with Crippen LogP contribution in [-0.2, 0) is 18.2 Å². The van der Waals surface area contributed by atoms with Crippen LogP contribution < -0.4 is 0 Å². The van der Waals surface area contributed by atoms with Gasteiger partial charge in [-0.3, -0.25) is 0 Å². The number of aromatic nitrogens is 2. The molecule has 1 unspecified atom stereocenters. The maximum atomic E-state index is 10.9. The molecule has 4 heteroatoms. The van der Waals surface area contributed by atoms with Crippen LogP contribution in [0.25, 0.3) is 0 Å². The molecular formula is C14H24N2O2. The maximum Gasteiger partial charge on any atom is 0.108 e. The second-order valence-corrected chi connectivity index (χ2v) is 6.53. The summed E-state index contributed by atoms with van der Waals surface area (Å²) < 4.78 is 7.97. The first-order valence-corrected chi connectivity index (χ1v) is 6.54.